The lowest BCUT2D eigenvalue weighted by molar-refractivity contribution is 0.207. The van der Waals surface area contributed by atoms with Gasteiger partial charge in [0, 0.05) is 12.6 Å². The zero-order valence-corrected chi connectivity index (χ0v) is 12.1. The molecule has 0 aromatic carbocycles. The third kappa shape index (κ3) is 4.94. The molecule has 1 rings (SSSR count). The van der Waals surface area contributed by atoms with Gasteiger partial charge in [-0.3, -0.25) is 4.90 Å². The maximum atomic E-state index is 11.4. The highest BCUT2D eigenvalue weighted by atomic mass is 32.2. The first kappa shape index (κ1) is 14.9. The lowest BCUT2D eigenvalue weighted by Gasteiger charge is -2.34. The van der Waals surface area contributed by atoms with E-state index in [1.54, 1.807) is 0 Å². The molecule has 1 fully saturated rings. The summed E-state index contributed by atoms with van der Waals surface area (Å²) < 4.78 is 22.9. The van der Waals surface area contributed by atoms with Gasteiger partial charge in [-0.05, 0) is 38.3 Å². The minimum atomic E-state index is -2.78. The second-order valence-electron chi connectivity index (χ2n) is 5.97. The number of sulfone groups is 1. The van der Waals surface area contributed by atoms with Gasteiger partial charge in [0.25, 0.3) is 0 Å². The summed E-state index contributed by atoms with van der Waals surface area (Å²) in [6.45, 7) is 8.74. The Morgan fingerprint density at radius 3 is 2.59 bits per heavy atom. The average Bonchev–Trinajstić information content (AvgIpc) is 2.20. The minimum Gasteiger partial charge on any atom is -0.330 e. The van der Waals surface area contributed by atoms with Crippen LogP contribution in [0.1, 0.15) is 33.6 Å². The molecule has 1 atom stereocenters. The van der Waals surface area contributed by atoms with Gasteiger partial charge in [-0.2, -0.15) is 0 Å². The van der Waals surface area contributed by atoms with Gasteiger partial charge in [-0.15, -0.1) is 0 Å². The molecule has 0 aliphatic carbocycles. The number of rotatable bonds is 5. The molecule has 0 spiro atoms. The summed E-state index contributed by atoms with van der Waals surface area (Å²) in [4.78, 5) is 2.29. The molecule has 0 radical (unpaired) electrons. The van der Waals surface area contributed by atoms with Gasteiger partial charge in [-0.25, -0.2) is 8.42 Å². The van der Waals surface area contributed by atoms with Crippen molar-refractivity contribution in [1.82, 2.24) is 4.90 Å². The van der Waals surface area contributed by atoms with Crippen LogP contribution in [-0.4, -0.2) is 50.5 Å². The van der Waals surface area contributed by atoms with Crippen molar-refractivity contribution in [3.05, 3.63) is 0 Å². The van der Waals surface area contributed by atoms with E-state index in [0.717, 1.165) is 19.4 Å². The van der Waals surface area contributed by atoms with Crippen LogP contribution in [0.15, 0.2) is 0 Å². The van der Waals surface area contributed by atoms with E-state index in [2.05, 4.69) is 18.7 Å². The smallest absolute Gasteiger partial charge is 0.153 e. The fraction of sp³-hybridized carbons (Fsp3) is 1.00. The molecule has 1 aliphatic rings. The normalized spacial score (nSPS) is 26.0. The van der Waals surface area contributed by atoms with E-state index in [0.29, 0.717) is 24.6 Å². The first-order valence-corrected chi connectivity index (χ1v) is 8.22. The van der Waals surface area contributed by atoms with Crippen molar-refractivity contribution in [3.8, 4) is 0 Å². The molecule has 17 heavy (non-hydrogen) atoms. The quantitative estimate of drug-likeness (QED) is 0.798. The van der Waals surface area contributed by atoms with Crippen molar-refractivity contribution >= 4 is 9.84 Å². The van der Waals surface area contributed by atoms with Crippen molar-refractivity contribution < 1.29 is 8.42 Å². The van der Waals surface area contributed by atoms with Crippen molar-refractivity contribution in [1.29, 1.82) is 0 Å². The maximum Gasteiger partial charge on any atom is 0.153 e. The molecule has 0 amide bonds. The molecule has 0 aromatic rings. The maximum absolute atomic E-state index is 11.4. The molecule has 1 heterocycles. The monoisotopic (exact) mass is 262 g/mol. The van der Waals surface area contributed by atoms with E-state index < -0.39 is 9.84 Å². The van der Waals surface area contributed by atoms with Crippen LogP contribution in [0, 0.1) is 5.41 Å². The number of nitrogens with two attached hydrogens (primary N) is 1. The summed E-state index contributed by atoms with van der Waals surface area (Å²) in [5, 5.41) is 0. The molecule has 2 N–H and O–H groups in total. The Bertz CT molecular complexity index is 338. The molecule has 5 heteroatoms. The first-order chi connectivity index (χ1) is 7.76. The van der Waals surface area contributed by atoms with E-state index in [-0.39, 0.29) is 11.5 Å². The van der Waals surface area contributed by atoms with Crippen LogP contribution in [-0.2, 0) is 9.84 Å². The summed E-state index contributed by atoms with van der Waals surface area (Å²) in [7, 11) is -2.78. The van der Waals surface area contributed by atoms with Gasteiger partial charge >= 0.3 is 0 Å². The van der Waals surface area contributed by atoms with E-state index in [1.807, 2.05) is 6.92 Å². The summed E-state index contributed by atoms with van der Waals surface area (Å²) in [5.41, 5.74) is 5.89. The van der Waals surface area contributed by atoms with E-state index in [4.69, 9.17) is 5.73 Å². The molecule has 1 saturated heterocycles. The molecule has 0 saturated carbocycles. The molecule has 1 aliphatic heterocycles. The molecule has 0 bridgehead atoms. The van der Waals surface area contributed by atoms with Crippen molar-refractivity contribution in [2.75, 3.05) is 31.1 Å². The SMILES string of the molecule is CC1CS(=O)(=O)CCN1CCCC(C)(C)CN. The zero-order chi connectivity index (χ0) is 13.1. The number of hydrogen-bond donors (Lipinski definition) is 1. The van der Waals surface area contributed by atoms with Crippen LogP contribution in [0.2, 0.25) is 0 Å². The summed E-state index contributed by atoms with van der Waals surface area (Å²) in [6, 6.07) is 0.162. The van der Waals surface area contributed by atoms with Gasteiger partial charge in [0.05, 0.1) is 11.5 Å². The van der Waals surface area contributed by atoms with Crippen LogP contribution in [0.4, 0.5) is 0 Å². The highest BCUT2D eigenvalue weighted by molar-refractivity contribution is 7.91. The number of hydrogen-bond acceptors (Lipinski definition) is 4. The molecule has 4 nitrogen and oxygen atoms in total. The van der Waals surface area contributed by atoms with Crippen LogP contribution < -0.4 is 5.73 Å². The van der Waals surface area contributed by atoms with Gasteiger partial charge in [-0.1, -0.05) is 13.8 Å². The topological polar surface area (TPSA) is 63.4 Å². The predicted molar refractivity (Wildman–Crippen MR) is 71.8 cm³/mol. The van der Waals surface area contributed by atoms with Crippen LogP contribution >= 0.6 is 0 Å². The van der Waals surface area contributed by atoms with Crippen LogP contribution in [0.5, 0.6) is 0 Å². The van der Waals surface area contributed by atoms with E-state index in [1.165, 1.54) is 0 Å². The zero-order valence-electron chi connectivity index (χ0n) is 11.3. The standard InChI is InChI=1S/C12H26N2O2S/c1-11-9-17(15,16)8-7-14(11)6-4-5-12(2,3)10-13/h11H,4-10,13H2,1-3H3. The van der Waals surface area contributed by atoms with Gasteiger partial charge < -0.3 is 5.73 Å². The third-order valence-electron chi connectivity index (χ3n) is 3.66. The van der Waals surface area contributed by atoms with Crippen molar-refractivity contribution in [2.45, 2.75) is 39.7 Å². The minimum absolute atomic E-state index is 0.162. The highest BCUT2D eigenvalue weighted by Gasteiger charge is 2.27. The predicted octanol–water partition coefficient (Wildman–Crippen LogP) is 0.870. The van der Waals surface area contributed by atoms with Crippen LogP contribution in [0.25, 0.3) is 0 Å². The largest absolute Gasteiger partial charge is 0.330 e. The first-order valence-electron chi connectivity index (χ1n) is 6.40. The lowest BCUT2D eigenvalue weighted by Crippen LogP contribution is -2.47. The Morgan fingerprint density at radius 2 is 2.06 bits per heavy atom. The van der Waals surface area contributed by atoms with Gasteiger partial charge in [0.2, 0.25) is 0 Å². The van der Waals surface area contributed by atoms with Crippen LogP contribution in [0.3, 0.4) is 0 Å². The van der Waals surface area contributed by atoms with E-state index in [9.17, 15) is 8.42 Å². The Labute approximate surface area is 105 Å². The third-order valence-corrected chi connectivity index (χ3v) is 5.45. The molecule has 0 aromatic heterocycles. The fourth-order valence-corrected chi connectivity index (χ4v) is 3.85. The molecule has 1 unspecified atom stereocenters. The Morgan fingerprint density at radius 1 is 1.41 bits per heavy atom. The number of nitrogens with zero attached hydrogens (tertiary/aromatic N) is 1. The van der Waals surface area contributed by atoms with Crippen molar-refractivity contribution in [2.24, 2.45) is 11.1 Å². The van der Waals surface area contributed by atoms with Crippen molar-refractivity contribution in [3.63, 3.8) is 0 Å². The molecular weight excluding hydrogens is 236 g/mol. The lowest BCUT2D eigenvalue weighted by atomic mass is 9.88. The molecular formula is C12H26N2O2S. The van der Waals surface area contributed by atoms with Gasteiger partial charge in [0.15, 0.2) is 9.84 Å². The Hall–Kier alpha value is -0.130. The van der Waals surface area contributed by atoms with Gasteiger partial charge in [0.1, 0.15) is 0 Å². The summed E-state index contributed by atoms with van der Waals surface area (Å²) in [6.07, 6.45) is 2.19. The molecule has 102 valence electrons. The average molecular weight is 262 g/mol. The summed E-state index contributed by atoms with van der Waals surface area (Å²) in [5.74, 6) is 0.630. The summed E-state index contributed by atoms with van der Waals surface area (Å²) >= 11 is 0. The second-order valence-corrected chi connectivity index (χ2v) is 8.20. The second kappa shape index (κ2) is 5.67. The fourth-order valence-electron chi connectivity index (χ4n) is 2.23. The highest BCUT2D eigenvalue weighted by Crippen LogP contribution is 2.21. The van der Waals surface area contributed by atoms with E-state index >= 15 is 0 Å². The Kier molecular flexibility index (Phi) is 4.98. The Balaban J connectivity index is 2.34.